The third-order valence-electron chi connectivity index (χ3n) is 2.62. The summed E-state index contributed by atoms with van der Waals surface area (Å²) in [6, 6.07) is 3.86. The minimum Gasteiger partial charge on any atom is -0.464 e. The lowest BCUT2D eigenvalue weighted by atomic mass is 10.1. The second-order valence-corrected chi connectivity index (χ2v) is 4.19. The van der Waals surface area contributed by atoms with Crippen LogP contribution >= 0.6 is 0 Å². The van der Waals surface area contributed by atoms with Gasteiger partial charge in [0.2, 0.25) is 5.71 Å². The number of methoxy groups -OCH3 is 2. The highest BCUT2D eigenvalue weighted by Gasteiger charge is 2.23. The fraction of sp³-hybridized carbons (Fsp3) is 0.357. The Bertz CT molecular complexity index is 505. The molecule has 0 amide bonds. The maximum absolute atomic E-state index is 11.6. The SMILES string of the molecule is COC(=O)C(=Nc1c(C)cc(C)cc1C)C(=O)OC. The highest BCUT2D eigenvalue weighted by Crippen LogP contribution is 2.25. The van der Waals surface area contributed by atoms with E-state index >= 15 is 0 Å². The highest BCUT2D eigenvalue weighted by molar-refractivity contribution is 6.62. The van der Waals surface area contributed by atoms with Crippen molar-refractivity contribution in [2.75, 3.05) is 14.2 Å². The molecule has 5 nitrogen and oxygen atoms in total. The summed E-state index contributed by atoms with van der Waals surface area (Å²) in [4.78, 5) is 27.2. The quantitative estimate of drug-likeness (QED) is 0.475. The molecule has 0 atom stereocenters. The minimum absolute atomic E-state index is 0.361. The number of rotatable bonds is 3. The number of aryl methyl sites for hydroxylation is 3. The van der Waals surface area contributed by atoms with Gasteiger partial charge in [0.1, 0.15) is 0 Å². The molecule has 19 heavy (non-hydrogen) atoms. The first-order valence-electron chi connectivity index (χ1n) is 5.73. The number of carbonyl (C=O) groups excluding carboxylic acids is 2. The van der Waals surface area contributed by atoms with Crippen molar-refractivity contribution >= 4 is 23.3 Å². The van der Waals surface area contributed by atoms with Crippen LogP contribution in [0.15, 0.2) is 17.1 Å². The number of benzene rings is 1. The van der Waals surface area contributed by atoms with E-state index in [2.05, 4.69) is 14.5 Å². The summed E-state index contributed by atoms with van der Waals surface area (Å²) >= 11 is 0. The molecular formula is C14H17NO4. The summed E-state index contributed by atoms with van der Waals surface area (Å²) in [6.07, 6.45) is 0. The lowest BCUT2D eigenvalue weighted by Crippen LogP contribution is -2.26. The van der Waals surface area contributed by atoms with Crippen molar-refractivity contribution in [2.24, 2.45) is 4.99 Å². The van der Waals surface area contributed by atoms with Crippen molar-refractivity contribution in [3.8, 4) is 0 Å². The summed E-state index contributed by atoms with van der Waals surface area (Å²) in [5, 5.41) is 0. The molecule has 0 N–H and O–H groups in total. The maximum Gasteiger partial charge on any atom is 0.364 e. The van der Waals surface area contributed by atoms with Gasteiger partial charge in [-0.15, -0.1) is 0 Å². The molecule has 1 aromatic carbocycles. The predicted octanol–water partition coefficient (Wildman–Crippen LogP) is 2.03. The predicted molar refractivity (Wildman–Crippen MR) is 71.8 cm³/mol. The number of ether oxygens (including phenoxy) is 2. The van der Waals surface area contributed by atoms with Gasteiger partial charge >= 0.3 is 11.9 Å². The van der Waals surface area contributed by atoms with Crippen LogP contribution in [0.25, 0.3) is 0 Å². The van der Waals surface area contributed by atoms with E-state index < -0.39 is 11.9 Å². The maximum atomic E-state index is 11.6. The molecule has 0 fully saturated rings. The van der Waals surface area contributed by atoms with E-state index in [0.717, 1.165) is 16.7 Å². The number of hydrogen-bond acceptors (Lipinski definition) is 5. The molecule has 1 rings (SSSR count). The van der Waals surface area contributed by atoms with Gasteiger partial charge in [0, 0.05) is 0 Å². The average molecular weight is 263 g/mol. The van der Waals surface area contributed by atoms with E-state index in [9.17, 15) is 9.59 Å². The number of esters is 2. The number of nitrogens with zero attached hydrogens (tertiary/aromatic N) is 1. The van der Waals surface area contributed by atoms with Crippen LogP contribution in [0.2, 0.25) is 0 Å². The van der Waals surface area contributed by atoms with Crippen molar-refractivity contribution in [1.82, 2.24) is 0 Å². The largest absolute Gasteiger partial charge is 0.464 e. The zero-order chi connectivity index (χ0) is 14.6. The number of carbonyl (C=O) groups is 2. The van der Waals surface area contributed by atoms with Crippen LogP contribution in [0.3, 0.4) is 0 Å². The van der Waals surface area contributed by atoms with Crippen LogP contribution in [-0.4, -0.2) is 31.9 Å². The second-order valence-electron chi connectivity index (χ2n) is 4.19. The summed E-state index contributed by atoms with van der Waals surface area (Å²) in [6.45, 7) is 5.70. The molecule has 0 aliphatic heterocycles. The Morgan fingerprint density at radius 2 is 1.37 bits per heavy atom. The molecular weight excluding hydrogens is 246 g/mol. The lowest BCUT2D eigenvalue weighted by molar-refractivity contribution is -0.138. The smallest absolute Gasteiger partial charge is 0.364 e. The molecule has 0 bridgehead atoms. The van der Waals surface area contributed by atoms with Crippen LogP contribution in [-0.2, 0) is 19.1 Å². The van der Waals surface area contributed by atoms with Gasteiger partial charge in [0.05, 0.1) is 19.9 Å². The molecule has 0 saturated carbocycles. The van der Waals surface area contributed by atoms with Gasteiger partial charge in [-0.1, -0.05) is 17.7 Å². The van der Waals surface area contributed by atoms with Crippen LogP contribution in [0.4, 0.5) is 5.69 Å². The first-order chi connectivity index (χ1) is 8.90. The Hall–Kier alpha value is -2.17. The summed E-state index contributed by atoms with van der Waals surface area (Å²) in [7, 11) is 2.38. The third-order valence-corrected chi connectivity index (χ3v) is 2.62. The minimum atomic E-state index is -0.814. The van der Waals surface area contributed by atoms with E-state index in [1.54, 1.807) is 0 Å². The summed E-state index contributed by atoms with van der Waals surface area (Å²) in [5.74, 6) is -1.63. The second kappa shape index (κ2) is 6.13. The monoisotopic (exact) mass is 263 g/mol. The van der Waals surface area contributed by atoms with E-state index in [-0.39, 0.29) is 5.71 Å². The van der Waals surface area contributed by atoms with Crippen molar-refractivity contribution in [1.29, 1.82) is 0 Å². The molecule has 0 aliphatic rings. The van der Waals surface area contributed by atoms with Crippen molar-refractivity contribution in [2.45, 2.75) is 20.8 Å². The highest BCUT2D eigenvalue weighted by atomic mass is 16.5. The summed E-state index contributed by atoms with van der Waals surface area (Å²) < 4.78 is 9.08. The number of aliphatic imine (C=N–C) groups is 1. The van der Waals surface area contributed by atoms with Crippen LogP contribution in [0.5, 0.6) is 0 Å². The zero-order valence-corrected chi connectivity index (χ0v) is 11.7. The average Bonchev–Trinajstić information content (AvgIpc) is 2.36. The molecule has 0 heterocycles. The molecule has 5 heteroatoms. The van der Waals surface area contributed by atoms with Crippen LogP contribution in [0.1, 0.15) is 16.7 Å². The van der Waals surface area contributed by atoms with Crippen molar-refractivity contribution < 1.29 is 19.1 Å². The van der Waals surface area contributed by atoms with Gasteiger partial charge in [-0.25, -0.2) is 14.6 Å². The molecule has 0 saturated heterocycles. The Balaban J connectivity index is 3.38. The van der Waals surface area contributed by atoms with E-state index in [1.807, 2.05) is 32.9 Å². The van der Waals surface area contributed by atoms with Gasteiger partial charge in [-0.05, 0) is 31.9 Å². The Kier molecular flexibility index (Phi) is 4.80. The number of hydrogen-bond donors (Lipinski definition) is 0. The van der Waals surface area contributed by atoms with Gasteiger partial charge in [-0.2, -0.15) is 0 Å². The fourth-order valence-corrected chi connectivity index (χ4v) is 1.83. The first-order valence-corrected chi connectivity index (χ1v) is 5.73. The molecule has 1 aromatic rings. The zero-order valence-electron chi connectivity index (χ0n) is 11.7. The van der Waals surface area contributed by atoms with Crippen molar-refractivity contribution in [3.05, 3.63) is 28.8 Å². The topological polar surface area (TPSA) is 65.0 Å². The first kappa shape index (κ1) is 14.9. The Labute approximate surface area is 112 Å². The van der Waals surface area contributed by atoms with E-state index in [4.69, 9.17) is 0 Å². The van der Waals surface area contributed by atoms with Gasteiger partial charge in [-0.3, -0.25) is 0 Å². The van der Waals surface area contributed by atoms with E-state index in [1.165, 1.54) is 14.2 Å². The fourth-order valence-electron chi connectivity index (χ4n) is 1.83. The lowest BCUT2D eigenvalue weighted by Gasteiger charge is -2.08. The normalized spacial score (nSPS) is 9.74. The molecule has 102 valence electrons. The van der Waals surface area contributed by atoms with Gasteiger partial charge < -0.3 is 9.47 Å². The standard InChI is InChI=1S/C14H17NO4/c1-8-6-9(2)11(10(3)7-8)15-12(13(16)18-4)14(17)19-5/h6-7H,1-5H3. The van der Waals surface area contributed by atoms with E-state index in [0.29, 0.717) is 5.69 Å². The van der Waals surface area contributed by atoms with Crippen molar-refractivity contribution in [3.63, 3.8) is 0 Å². The van der Waals surface area contributed by atoms with Gasteiger partial charge in [0.15, 0.2) is 0 Å². The molecule has 0 radical (unpaired) electrons. The Morgan fingerprint density at radius 1 is 0.947 bits per heavy atom. The molecule has 0 aromatic heterocycles. The Morgan fingerprint density at radius 3 is 1.74 bits per heavy atom. The van der Waals surface area contributed by atoms with Crippen LogP contribution in [0, 0.1) is 20.8 Å². The third kappa shape index (κ3) is 3.40. The van der Waals surface area contributed by atoms with Crippen LogP contribution < -0.4 is 0 Å². The molecule has 0 spiro atoms. The molecule has 0 aliphatic carbocycles. The summed E-state index contributed by atoms with van der Waals surface area (Å²) in [5.41, 5.74) is 3.06. The molecule has 0 unspecified atom stereocenters. The van der Waals surface area contributed by atoms with Gasteiger partial charge in [0.25, 0.3) is 0 Å².